The average molecular weight is 399 g/mol. The van der Waals surface area contributed by atoms with Gasteiger partial charge in [0, 0.05) is 29.2 Å². The van der Waals surface area contributed by atoms with E-state index in [2.05, 4.69) is 5.32 Å². The molecule has 1 aliphatic rings. The van der Waals surface area contributed by atoms with Gasteiger partial charge in [-0.3, -0.25) is 9.69 Å². The van der Waals surface area contributed by atoms with E-state index in [0.29, 0.717) is 0 Å². The molecule has 0 saturated carbocycles. The number of allylic oxidation sites excluding steroid dienone is 1. The van der Waals surface area contributed by atoms with Crippen molar-refractivity contribution in [3.63, 3.8) is 0 Å². The second kappa shape index (κ2) is 8.85. The van der Waals surface area contributed by atoms with Crippen LogP contribution in [0.5, 0.6) is 0 Å². The summed E-state index contributed by atoms with van der Waals surface area (Å²) in [7, 11) is 0. The van der Waals surface area contributed by atoms with Crippen LogP contribution in [-0.4, -0.2) is 41.1 Å². The zero-order chi connectivity index (χ0) is 20.1. The maximum Gasteiger partial charge on any atom is 0.338 e. The van der Waals surface area contributed by atoms with Crippen LogP contribution in [0, 0.1) is 5.82 Å². The van der Waals surface area contributed by atoms with Crippen molar-refractivity contribution < 1.29 is 28.6 Å². The predicted molar refractivity (Wildman–Crippen MR) is 95.6 cm³/mol. The fraction of sp³-hybridized carbons (Fsp3) is 0.389. The molecule has 1 aromatic rings. The lowest BCUT2D eigenvalue weighted by Gasteiger charge is -2.35. The smallest absolute Gasteiger partial charge is 0.338 e. The highest BCUT2D eigenvalue weighted by Crippen LogP contribution is 2.36. The molecule has 1 aromatic carbocycles. The standard InChI is InChI=1S/C18H20ClFN2O5/c1-3-27-17(25)14-10(2)22(9-5-8-13(23)24)18(26)21-16(14)15-11(19)6-4-7-12(15)20/h4,6-7,16H,3,5,8-9H2,1-2H3,(H,21,26)(H,23,24)/t16-/m0/s1. The van der Waals surface area contributed by atoms with Gasteiger partial charge in [-0.25, -0.2) is 14.0 Å². The molecule has 0 aliphatic carbocycles. The Morgan fingerprint density at radius 3 is 2.70 bits per heavy atom. The maximum atomic E-state index is 14.4. The molecule has 0 unspecified atom stereocenters. The van der Waals surface area contributed by atoms with Crippen LogP contribution in [0.15, 0.2) is 29.5 Å². The molecule has 7 nitrogen and oxygen atoms in total. The number of hydrogen-bond acceptors (Lipinski definition) is 4. The second-order valence-corrected chi connectivity index (χ2v) is 6.29. The van der Waals surface area contributed by atoms with Gasteiger partial charge < -0.3 is 15.2 Å². The van der Waals surface area contributed by atoms with E-state index in [1.165, 1.54) is 30.0 Å². The molecule has 0 aromatic heterocycles. The molecule has 27 heavy (non-hydrogen) atoms. The number of aliphatic carboxylic acids is 1. The third-order valence-electron chi connectivity index (χ3n) is 4.15. The number of carboxylic acid groups (broad SMARTS) is 1. The number of carbonyl (C=O) groups excluding carboxylic acids is 2. The monoisotopic (exact) mass is 398 g/mol. The number of carbonyl (C=O) groups is 3. The molecule has 1 aliphatic heterocycles. The Hall–Kier alpha value is -2.61. The number of nitrogens with one attached hydrogen (secondary N) is 1. The van der Waals surface area contributed by atoms with E-state index in [9.17, 15) is 18.8 Å². The van der Waals surface area contributed by atoms with E-state index in [0.717, 1.165) is 0 Å². The Bertz CT molecular complexity index is 776. The fourth-order valence-electron chi connectivity index (χ4n) is 2.92. The number of hydrogen-bond donors (Lipinski definition) is 2. The summed E-state index contributed by atoms with van der Waals surface area (Å²) < 4.78 is 19.5. The molecule has 0 saturated heterocycles. The summed E-state index contributed by atoms with van der Waals surface area (Å²) >= 11 is 6.12. The van der Waals surface area contributed by atoms with Gasteiger partial charge in [0.05, 0.1) is 18.2 Å². The number of nitrogens with zero attached hydrogens (tertiary/aromatic N) is 1. The molecule has 2 N–H and O–H groups in total. The highest BCUT2D eigenvalue weighted by molar-refractivity contribution is 6.31. The van der Waals surface area contributed by atoms with Crippen LogP contribution in [0.25, 0.3) is 0 Å². The summed E-state index contributed by atoms with van der Waals surface area (Å²) in [6.45, 7) is 3.35. The lowest BCUT2D eigenvalue weighted by atomic mass is 9.94. The number of amides is 2. The minimum atomic E-state index is -1.11. The van der Waals surface area contributed by atoms with Gasteiger partial charge >= 0.3 is 18.0 Å². The molecular weight excluding hydrogens is 379 g/mol. The number of halogens is 2. The van der Waals surface area contributed by atoms with Crippen molar-refractivity contribution in [1.29, 1.82) is 0 Å². The molecule has 0 radical (unpaired) electrons. The van der Waals surface area contributed by atoms with Gasteiger partial charge in [-0.15, -0.1) is 0 Å². The lowest BCUT2D eigenvalue weighted by molar-refractivity contribution is -0.139. The van der Waals surface area contributed by atoms with Crippen LogP contribution < -0.4 is 5.32 Å². The first-order chi connectivity index (χ1) is 12.8. The molecule has 1 atom stereocenters. The van der Waals surface area contributed by atoms with Crippen molar-refractivity contribution in [2.24, 2.45) is 0 Å². The summed E-state index contributed by atoms with van der Waals surface area (Å²) in [4.78, 5) is 37.0. The largest absolute Gasteiger partial charge is 0.481 e. The minimum absolute atomic E-state index is 0.0277. The van der Waals surface area contributed by atoms with Crippen LogP contribution in [-0.2, 0) is 14.3 Å². The van der Waals surface area contributed by atoms with Crippen molar-refractivity contribution in [3.05, 3.63) is 45.9 Å². The summed E-state index contributed by atoms with van der Waals surface area (Å²) in [5.74, 6) is -2.36. The Balaban J connectivity index is 2.48. The maximum absolute atomic E-state index is 14.4. The first-order valence-corrected chi connectivity index (χ1v) is 8.77. The summed E-state index contributed by atoms with van der Waals surface area (Å²) in [6.07, 6.45) is 0.0652. The Morgan fingerprint density at radius 2 is 2.11 bits per heavy atom. The van der Waals surface area contributed by atoms with E-state index in [4.69, 9.17) is 21.4 Å². The summed E-state index contributed by atoms with van der Waals surface area (Å²) in [5.41, 5.74) is 0.297. The highest BCUT2D eigenvalue weighted by atomic mass is 35.5. The quantitative estimate of drug-likeness (QED) is 0.687. The van der Waals surface area contributed by atoms with Crippen molar-refractivity contribution in [2.45, 2.75) is 32.7 Å². The normalized spacial score (nSPS) is 17.0. The number of urea groups is 1. The van der Waals surface area contributed by atoms with Crippen LogP contribution in [0.1, 0.15) is 38.3 Å². The van der Waals surface area contributed by atoms with Gasteiger partial charge in [-0.05, 0) is 32.4 Å². The summed E-state index contributed by atoms with van der Waals surface area (Å²) in [6, 6.07) is 2.38. The number of ether oxygens (including phenoxy) is 1. The highest BCUT2D eigenvalue weighted by Gasteiger charge is 2.38. The molecule has 0 bridgehead atoms. The Morgan fingerprint density at radius 1 is 1.41 bits per heavy atom. The second-order valence-electron chi connectivity index (χ2n) is 5.89. The molecule has 0 fully saturated rings. The van der Waals surface area contributed by atoms with Crippen LogP contribution in [0.4, 0.5) is 9.18 Å². The van der Waals surface area contributed by atoms with Crippen molar-refractivity contribution >= 4 is 29.6 Å². The van der Waals surface area contributed by atoms with E-state index in [-0.39, 0.29) is 47.8 Å². The van der Waals surface area contributed by atoms with E-state index >= 15 is 0 Å². The topological polar surface area (TPSA) is 95.9 Å². The Kier molecular flexibility index (Phi) is 6.79. The average Bonchev–Trinajstić information content (AvgIpc) is 2.57. The first kappa shape index (κ1) is 20.7. The van der Waals surface area contributed by atoms with Crippen LogP contribution >= 0.6 is 11.6 Å². The molecule has 1 heterocycles. The minimum Gasteiger partial charge on any atom is -0.481 e. The number of benzene rings is 1. The van der Waals surface area contributed by atoms with Gasteiger partial charge in [-0.1, -0.05) is 17.7 Å². The fourth-order valence-corrected chi connectivity index (χ4v) is 3.19. The number of rotatable bonds is 7. The first-order valence-electron chi connectivity index (χ1n) is 8.39. The molecule has 2 rings (SSSR count). The molecule has 0 spiro atoms. The van der Waals surface area contributed by atoms with Gasteiger partial charge in [0.2, 0.25) is 0 Å². The van der Waals surface area contributed by atoms with Crippen molar-refractivity contribution in [3.8, 4) is 0 Å². The molecule has 146 valence electrons. The number of carboxylic acids is 1. The van der Waals surface area contributed by atoms with Crippen molar-refractivity contribution in [1.82, 2.24) is 10.2 Å². The number of esters is 1. The molecule has 2 amide bonds. The zero-order valence-corrected chi connectivity index (χ0v) is 15.7. The zero-order valence-electron chi connectivity index (χ0n) is 14.9. The summed E-state index contributed by atoms with van der Waals surface area (Å²) in [5, 5.41) is 11.4. The van der Waals surface area contributed by atoms with E-state index in [1.807, 2.05) is 0 Å². The Labute approximate surface area is 160 Å². The molecular formula is C18H20ClFN2O5. The third kappa shape index (κ3) is 4.57. The van der Waals surface area contributed by atoms with E-state index < -0.39 is 29.8 Å². The SMILES string of the molecule is CCOC(=O)C1=C(C)N(CCCC(=O)O)C(=O)N[C@@H]1c1c(F)cccc1Cl. The predicted octanol–water partition coefficient (Wildman–Crippen LogP) is 3.25. The van der Waals surface area contributed by atoms with Gasteiger partial charge in [0.1, 0.15) is 5.82 Å². The lowest BCUT2D eigenvalue weighted by Crippen LogP contribution is -2.48. The van der Waals surface area contributed by atoms with Gasteiger partial charge in [-0.2, -0.15) is 0 Å². The van der Waals surface area contributed by atoms with Gasteiger partial charge in [0.15, 0.2) is 0 Å². The van der Waals surface area contributed by atoms with Crippen LogP contribution in [0.3, 0.4) is 0 Å². The van der Waals surface area contributed by atoms with Crippen LogP contribution in [0.2, 0.25) is 5.02 Å². The van der Waals surface area contributed by atoms with Gasteiger partial charge in [0.25, 0.3) is 0 Å². The van der Waals surface area contributed by atoms with Crippen molar-refractivity contribution in [2.75, 3.05) is 13.2 Å². The molecule has 9 heteroatoms. The van der Waals surface area contributed by atoms with E-state index in [1.54, 1.807) is 6.92 Å². The third-order valence-corrected chi connectivity index (χ3v) is 4.48.